The molecule has 1 fully saturated rings. The molecule has 3 heteroatoms. The summed E-state index contributed by atoms with van der Waals surface area (Å²) >= 11 is 6.21. The minimum absolute atomic E-state index is 0.0625. The van der Waals surface area contributed by atoms with Crippen molar-refractivity contribution in [3.05, 3.63) is 69.7 Å². The second-order valence-electron chi connectivity index (χ2n) is 8.85. The number of ether oxygens (including phenoxy) is 1. The van der Waals surface area contributed by atoms with Gasteiger partial charge in [-0.25, -0.2) is 4.79 Å². The number of benzene rings is 2. The maximum atomic E-state index is 12.7. The van der Waals surface area contributed by atoms with Crippen LogP contribution < -0.4 is 0 Å². The molecule has 0 bridgehead atoms. The van der Waals surface area contributed by atoms with E-state index in [1.807, 2.05) is 36.4 Å². The molecule has 0 aromatic heterocycles. The van der Waals surface area contributed by atoms with E-state index in [0.717, 1.165) is 36.3 Å². The number of esters is 1. The summed E-state index contributed by atoms with van der Waals surface area (Å²) in [4.78, 5) is 12.7. The van der Waals surface area contributed by atoms with Crippen LogP contribution in [0.4, 0.5) is 0 Å². The van der Waals surface area contributed by atoms with Gasteiger partial charge in [0.05, 0.1) is 5.56 Å². The van der Waals surface area contributed by atoms with Gasteiger partial charge in [0.2, 0.25) is 0 Å². The second kappa shape index (κ2) is 7.67. The number of halogens is 1. The van der Waals surface area contributed by atoms with Crippen LogP contribution in [-0.2, 0) is 15.6 Å². The molecule has 2 nitrogen and oxygen atoms in total. The number of carbonyl (C=O) groups excluding carboxylic acids is 1. The summed E-state index contributed by atoms with van der Waals surface area (Å²) < 4.78 is 5.81. The number of hydrogen-bond donors (Lipinski definition) is 0. The van der Waals surface area contributed by atoms with Crippen LogP contribution in [0.5, 0.6) is 0 Å². The van der Waals surface area contributed by atoms with Crippen LogP contribution in [-0.4, -0.2) is 12.6 Å². The van der Waals surface area contributed by atoms with E-state index in [-0.39, 0.29) is 16.8 Å². The third-order valence-electron chi connectivity index (χ3n) is 5.75. The Balaban J connectivity index is 1.77. The van der Waals surface area contributed by atoms with Crippen LogP contribution in [0.1, 0.15) is 73.5 Å². The molecule has 0 spiro atoms. The van der Waals surface area contributed by atoms with Gasteiger partial charge >= 0.3 is 5.97 Å². The lowest BCUT2D eigenvalue weighted by Crippen LogP contribution is -2.30. The number of carbonyl (C=O) groups is 1. The molecule has 0 unspecified atom stereocenters. The summed E-state index contributed by atoms with van der Waals surface area (Å²) in [7, 11) is 0. The topological polar surface area (TPSA) is 26.3 Å². The van der Waals surface area contributed by atoms with E-state index in [1.165, 1.54) is 11.1 Å². The molecule has 1 saturated carbocycles. The highest BCUT2D eigenvalue weighted by atomic mass is 35.5. The summed E-state index contributed by atoms with van der Waals surface area (Å²) in [5, 5.41) is 0.735. The fourth-order valence-electron chi connectivity index (χ4n) is 4.31. The molecule has 27 heavy (non-hydrogen) atoms. The average Bonchev–Trinajstić information content (AvgIpc) is 3.08. The first-order chi connectivity index (χ1) is 12.7. The Morgan fingerprint density at radius 3 is 2.41 bits per heavy atom. The lowest BCUT2D eigenvalue weighted by Gasteiger charge is -2.29. The fourth-order valence-corrected chi connectivity index (χ4v) is 4.50. The third-order valence-corrected chi connectivity index (χ3v) is 5.98. The molecule has 0 amide bonds. The molecule has 0 radical (unpaired) electrons. The highest BCUT2D eigenvalue weighted by Gasteiger charge is 2.37. The van der Waals surface area contributed by atoms with Crippen molar-refractivity contribution in [1.82, 2.24) is 0 Å². The summed E-state index contributed by atoms with van der Waals surface area (Å²) in [5.74, 6) is -0.244. The molecule has 2 aromatic carbocycles. The molecule has 3 rings (SSSR count). The Morgan fingerprint density at radius 1 is 1.11 bits per heavy atom. The van der Waals surface area contributed by atoms with Gasteiger partial charge in [0.15, 0.2) is 0 Å². The number of aryl methyl sites for hydroxylation is 1. The van der Waals surface area contributed by atoms with Gasteiger partial charge in [-0.1, -0.05) is 63.4 Å². The first-order valence-electron chi connectivity index (χ1n) is 9.76. The zero-order chi connectivity index (χ0) is 19.7. The number of rotatable bonds is 4. The van der Waals surface area contributed by atoms with Crippen LogP contribution in [0.2, 0.25) is 5.02 Å². The molecular formula is C24H29ClO2. The summed E-state index contributed by atoms with van der Waals surface area (Å²) in [6.45, 7) is 9.01. The van der Waals surface area contributed by atoms with Crippen LogP contribution in [0.3, 0.4) is 0 Å². The quantitative estimate of drug-likeness (QED) is 0.554. The van der Waals surface area contributed by atoms with Crippen molar-refractivity contribution in [2.75, 3.05) is 6.61 Å². The van der Waals surface area contributed by atoms with Crippen LogP contribution in [0.25, 0.3) is 0 Å². The van der Waals surface area contributed by atoms with Crippen molar-refractivity contribution in [2.45, 2.75) is 64.2 Å². The molecule has 1 aliphatic rings. The van der Waals surface area contributed by atoms with E-state index in [2.05, 4.69) is 33.8 Å². The van der Waals surface area contributed by atoms with Gasteiger partial charge in [-0.2, -0.15) is 0 Å². The molecule has 0 N–H and O–H groups in total. The van der Waals surface area contributed by atoms with Crippen molar-refractivity contribution in [3.8, 4) is 0 Å². The van der Waals surface area contributed by atoms with Gasteiger partial charge in [-0.15, -0.1) is 0 Å². The van der Waals surface area contributed by atoms with E-state index in [0.29, 0.717) is 12.2 Å². The monoisotopic (exact) mass is 384 g/mol. The van der Waals surface area contributed by atoms with Gasteiger partial charge in [-0.3, -0.25) is 0 Å². The molecule has 0 heterocycles. The maximum absolute atomic E-state index is 12.7. The van der Waals surface area contributed by atoms with Crippen molar-refractivity contribution in [2.24, 2.45) is 0 Å². The lowest BCUT2D eigenvalue weighted by atomic mass is 9.79. The summed E-state index contributed by atoms with van der Waals surface area (Å²) in [6.07, 6.45) is 4.37. The van der Waals surface area contributed by atoms with E-state index >= 15 is 0 Å². The first kappa shape index (κ1) is 19.9. The van der Waals surface area contributed by atoms with Crippen LogP contribution in [0, 0.1) is 6.92 Å². The van der Waals surface area contributed by atoms with E-state index < -0.39 is 0 Å². The van der Waals surface area contributed by atoms with Gasteiger partial charge < -0.3 is 4.74 Å². The average molecular weight is 385 g/mol. The van der Waals surface area contributed by atoms with Crippen molar-refractivity contribution < 1.29 is 9.53 Å². The minimum atomic E-state index is -0.244. The lowest BCUT2D eigenvalue weighted by molar-refractivity contribution is 0.0402. The highest BCUT2D eigenvalue weighted by molar-refractivity contribution is 6.30. The van der Waals surface area contributed by atoms with Crippen molar-refractivity contribution in [3.63, 3.8) is 0 Å². The first-order valence-corrected chi connectivity index (χ1v) is 10.1. The minimum Gasteiger partial charge on any atom is -0.461 e. The second-order valence-corrected chi connectivity index (χ2v) is 9.29. The van der Waals surface area contributed by atoms with Gasteiger partial charge in [-0.05, 0) is 66.1 Å². The zero-order valence-electron chi connectivity index (χ0n) is 16.8. The van der Waals surface area contributed by atoms with E-state index in [9.17, 15) is 4.79 Å². The molecule has 0 atom stereocenters. The Labute approximate surface area is 167 Å². The SMILES string of the molecule is Cc1cc(C(=O)OCC2(c3cccc(Cl)c3)CCCC2)ccc1C(C)(C)C. The maximum Gasteiger partial charge on any atom is 0.338 e. The largest absolute Gasteiger partial charge is 0.461 e. The molecule has 144 valence electrons. The summed E-state index contributed by atoms with van der Waals surface area (Å²) in [6, 6.07) is 13.9. The Bertz CT molecular complexity index is 827. The predicted octanol–water partition coefficient (Wildman–Crippen LogP) is 6.61. The van der Waals surface area contributed by atoms with Gasteiger partial charge in [0.1, 0.15) is 6.61 Å². The van der Waals surface area contributed by atoms with Crippen LogP contribution in [0.15, 0.2) is 42.5 Å². The summed E-state index contributed by atoms with van der Waals surface area (Å²) in [5.41, 5.74) is 4.14. The zero-order valence-corrected chi connectivity index (χ0v) is 17.5. The van der Waals surface area contributed by atoms with Gasteiger partial charge in [0, 0.05) is 10.4 Å². The number of hydrogen-bond acceptors (Lipinski definition) is 2. The van der Waals surface area contributed by atoms with Crippen LogP contribution >= 0.6 is 11.6 Å². The standard InChI is InChI=1S/C24H29ClO2/c1-17-14-18(10-11-21(17)23(2,3)4)22(26)27-16-24(12-5-6-13-24)19-8-7-9-20(25)15-19/h7-11,14-15H,5-6,12-13,16H2,1-4H3. The normalized spacial score (nSPS) is 16.3. The Kier molecular flexibility index (Phi) is 5.67. The van der Waals surface area contributed by atoms with Crippen molar-refractivity contribution >= 4 is 17.6 Å². The molecule has 1 aliphatic carbocycles. The molecule has 2 aromatic rings. The third kappa shape index (κ3) is 4.38. The van der Waals surface area contributed by atoms with Gasteiger partial charge in [0.25, 0.3) is 0 Å². The highest BCUT2D eigenvalue weighted by Crippen LogP contribution is 2.42. The van der Waals surface area contributed by atoms with Crippen molar-refractivity contribution in [1.29, 1.82) is 0 Å². The molecular weight excluding hydrogens is 356 g/mol. The Morgan fingerprint density at radius 2 is 1.81 bits per heavy atom. The molecule has 0 aliphatic heterocycles. The van der Waals surface area contributed by atoms with E-state index in [4.69, 9.17) is 16.3 Å². The van der Waals surface area contributed by atoms with E-state index in [1.54, 1.807) is 0 Å². The fraction of sp³-hybridized carbons (Fsp3) is 0.458. The Hall–Kier alpha value is -1.80. The predicted molar refractivity (Wildman–Crippen MR) is 112 cm³/mol. The smallest absolute Gasteiger partial charge is 0.338 e. The molecule has 0 saturated heterocycles.